The maximum atomic E-state index is 13.0. The van der Waals surface area contributed by atoms with Gasteiger partial charge in [0.1, 0.15) is 11.9 Å². The van der Waals surface area contributed by atoms with Crippen molar-refractivity contribution < 1.29 is 4.39 Å². The first kappa shape index (κ1) is 9.81. The summed E-state index contributed by atoms with van der Waals surface area (Å²) in [4.78, 5) is 4.10. The van der Waals surface area contributed by atoms with Gasteiger partial charge in [0.05, 0.1) is 5.69 Å². The molecule has 0 fully saturated rings. The summed E-state index contributed by atoms with van der Waals surface area (Å²) in [6.45, 7) is 1.70. The molecule has 0 unspecified atom stereocenters. The summed E-state index contributed by atoms with van der Waals surface area (Å²) in [6.07, 6.45) is 0. The molecule has 0 atom stereocenters. The van der Waals surface area contributed by atoms with Gasteiger partial charge in [-0.1, -0.05) is 0 Å². The maximum absolute atomic E-state index is 13.0. The fraction of sp³-hybridized carbons (Fsp3) is 0.0909. The lowest BCUT2D eigenvalue weighted by Gasteiger charge is -1.99. The van der Waals surface area contributed by atoms with Crippen LogP contribution in [0.4, 0.5) is 4.39 Å². The first-order valence-electron chi connectivity index (χ1n) is 4.33. The second kappa shape index (κ2) is 3.79. The predicted octanol–water partition coefficient (Wildman–Crippen LogP) is 3.13. The van der Waals surface area contributed by atoms with E-state index in [1.165, 1.54) is 17.4 Å². The minimum Gasteiger partial charge on any atom is -0.226 e. The van der Waals surface area contributed by atoms with E-state index in [9.17, 15) is 4.39 Å². The lowest BCUT2D eigenvalue weighted by Crippen LogP contribution is -1.84. The van der Waals surface area contributed by atoms with Gasteiger partial charge in [-0.05, 0) is 30.7 Å². The largest absolute Gasteiger partial charge is 0.226 e. The second-order valence-corrected chi connectivity index (χ2v) is 3.97. The van der Waals surface area contributed by atoms with Crippen LogP contribution >= 0.6 is 11.3 Å². The molecule has 15 heavy (non-hydrogen) atoms. The van der Waals surface area contributed by atoms with Crippen LogP contribution in [-0.4, -0.2) is 4.98 Å². The van der Waals surface area contributed by atoms with Gasteiger partial charge >= 0.3 is 0 Å². The number of hydrogen-bond acceptors (Lipinski definition) is 3. The van der Waals surface area contributed by atoms with Gasteiger partial charge in [-0.2, -0.15) is 5.26 Å². The number of nitrogens with zero attached hydrogens (tertiary/aromatic N) is 2. The molecule has 2 nitrogen and oxygen atoms in total. The molecule has 0 aliphatic heterocycles. The fourth-order valence-corrected chi connectivity index (χ4v) is 1.88. The molecule has 1 aromatic carbocycles. The lowest BCUT2D eigenvalue weighted by molar-refractivity contribution is 0.619. The van der Waals surface area contributed by atoms with Crippen molar-refractivity contribution in [3.8, 4) is 17.3 Å². The van der Waals surface area contributed by atoms with Crippen molar-refractivity contribution in [2.24, 2.45) is 0 Å². The molecule has 0 spiro atoms. The zero-order chi connectivity index (χ0) is 10.8. The monoisotopic (exact) mass is 218 g/mol. The van der Waals surface area contributed by atoms with Crippen LogP contribution < -0.4 is 0 Å². The third-order valence-electron chi connectivity index (χ3n) is 2.05. The van der Waals surface area contributed by atoms with E-state index in [1.54, 1.807) is 24.4 Å². The number of thiazole rings is 1. The van der Waals surface area contributed by atoms with Crippen molar-refractivity contribution in [3.63, 3.8) is 0 Å². The Hall–Kier alpha value is -1.73. The first-order valence-corrected chi connectivity index (χ1v) is 5.21. The molecule has 0 amide bonds. The van der Waals surface area contributed by atoms with Crippen molar-refractivity contribution in [1.29, 1.82) is 5.26 Å². The van der Waals surface area contributed by atoms with E-state index in [2.05, 4.69) is 4.98 Å². The van der Waals surface area contributed by atoms with E-state index in [1.807, 2.05) is 6.07 Å². The van der Waals surface area contributed by atoms with Gasteiger partial charge in [0, 0.05) is 10.9 Å². The Kier molecular flexibility index (Phi) is 2.48. The maximum Gasteiger partial charge on any atom is 0.194 e. The van der Waals surface area contributed by atoms with Crippen LogP contribution in [0.2, 0.25) is 0 Å². The molecule has 0 saturated heterocycles. The zero-order valence-corrected chi connectivity index (χ0v) is 8.81. The number of nitriles is 1. The zero-order valence-electron chi connectivity index (χ0n) is 7.99. The Morgan fingerprint density at radius 2 is 2.27 bits per heavy atom. The van der Waals surface area contributed by atoms with Gasteiger partial charge in [0.25, 0.3) is 0 Å². The van der Waals surface area contributed by atoms with Crippen molar-refractivity contribution in [2.45, 2.75) is 6.92 Å². The Bertz CT molecular complexity index is 540. The summed E-state index contributed by atoms with van der Waals surface area (Å²) in [7, 11) is 0. The molecule has 0 bridgehead atoms. The average molecular weight is 218 g/mol. The van der Waals surface area contributed by atoms with Gasteiger partial charge in [0.15, 0.2) is 5.01 Å². The molecule has 0 aliphatic rings. The molecular formula is C11H7FN2S. The van der Waals surface area contributed by atoms with Gasteiger partial charge in [0.2, 0.25) is 0 Å². The highest BCUT2D eigenvalue weighted by molar-refractivity contribution is 7.10. The van der Waals surface area contributed by atoms with Crippen molar-refractivity contribution in [2.75, 3.05) is 0 Å². The molecule has 2 rings (SSSR count). The molecule has 0 N–H and O–H groups in total. The van der Waals surface area contributed by atoms with E-state index < -0.39 is 0 Å². The van der Waals surface area contributed by atoms with Crippen LogP contribution in [0.25, 0.3) is 11.3 Å². The number of halogens is 1. The van der Waals surface area contributed by atoms with E-state index >= 15 is 0 Å². The van der Waals surface area contributed by atoms with Gasteiger partial charge in [-0.15, -0.1) is 11.3 Å². The summed E-state index contributed by atoms with van der Waals surface area (Å²) < 4.78 is 13.0. The van der Waals surface area contributed by atoms with Crippen LogP contribution in [0, 0.1) is 24.1 Å². The highest BCUT2D eigenvalue weighted by atomic mass is 32.1. The summed E-state index contributed by atoms with van der Waals surface area (Å²) in [6, 6.07) is 6.78. The number of rotatable bonds is 1. The number of aromatic nitrogens is 1. The number of aryl methyl sites for hydroxylation is 1. The minimum atomic E-state index is -0.227. The minimum absolute atomic E-state index is 0.227. The molecule has 0 radical (unpaired) electrons. The molecular weight excluding hydrogens is 211 g/mol. The fourth-order valence-electron chi connectivity index (χ4n) is 1.26. The normalized spacial score (nSPS) is 9.93. The van der Waals surface area contributed by atoms with Crippen LogP contribution in [0.5, 0.6) is 0 Å². The quantitative estimate of drug-likeness (QED) is 0.737. The third-order valence-corrected chi connectivity index (χ3v) is 2.80. The summed E-state index contributed by atoms with van der Waals surface area (Å²) >= 11 is 1.29. The van der Waals surface area contributed by atoms with E-state index in [0.717, 1.165) is 11.3 Å². The van der Waals surface area contributed by atoms with Crippen LogP contribution in [0.3, 0.4) is 0 Å². The topological polar surface area (TPSA) is 36.7 Å². The van der Waals surface area contributed by atoms with Crippen LogP contribution in [-0.2, 0) is 0 Å². The lowest BCUT2D eigenvalue weighted by atomic mass is 10.1. The highest BCUT2D eigenvalue weighted by Gasteiger charge is 2.05. The van der Waals surface area contributed by atoms with Crippen molar-refractivity contribution >= 4 is 11.3 Å². The first-order chi connectivity index (χ1) is 7.20. The standard InChI is InChI=1S/C11H7FN2S/c1-7-4-8(2-3-9(7)12)10-6-15-11(5-13)14-10/h2-4,6H,1H3. The number of hydrogen-bond donors (Lipinski definition) is 0. The molecule has 0 aliphatic carbocycles. The van der Waals surface area contributed by atoms with Crippen LogP contribution in [0.15, 0.2) is 23.6 Å². The Labute approximate surface area is 90.6 Å². The highest BCUT2D eigenvalue weighted by Crippen LogP contribution is 2.23. The molecule has 2 aromatic rings. The summed E-state index contributed by atoms with van der Waals surface area (Å²) in [5.41, 5.74) is 2.14. The van der Waals surface area contributed by atoms with Crippen LogP contribution in [0.1, 0.15) is 10.6 Å². The Balaban J connectivity index is 2.46. The van der Waals surface area contributed by atoms with Gasteiger partial charge in [-0.3, -0.25) is 0 Å². The van der Waals surface area contributed by atoms with E-state index in [4.69, 9.17) is 5.26 Å². The van der Waals surface area contributed by atoms with Gasteiger partial charge < -0.3 is 0 Å². The van der Waals surface area contributed by atoms with E-state index in [-0.39, 0.29) is 5.82 Å². The molecule has 1 heterocycles. The third kappa shape index (κ3) is 1.88. The molecule has 74 valence electrons. The van der Waals surface area contributed by atoms with Crippen molar-refractivity contribution in [1.82, 2.24) is 4.98 Å². The molecule has 0 saturated carbocycles. The summed E-state index contributed by atoms with van der Waals surface area (Å²) in [5.74, 6) is -0.227. The average Bonchev–Trinajstić information content (AvgIpc) is 2.70. The Morgan fingerprint density at radius 1 is 1.47 bits per heavy atom. The molecule has 1 aromatic heterocycles. The van der Waals surface area contributed by atoms with E-state index in [0.29, 0.717) is 10.6 Å². The Morgan fingerprint density at radius 3 is 2.87 bits per heavy atom. The summed E-state index contributed by atoms with van der Waals surface area (Å²) in [5, 5.41) is 10.9. The van der Waals surface area contributed by atoms with Crippen molar-refractivity contribution in [3.05, 3.63) is 40.0 Å². The second-order valence-electron chi connectivity index (χ2n) is 3.11. The predicted molar refractivity (Wildman–Crippen MR) is 57.0 cm³/mol. The molecule has 4 heteroatoms. The smallest absolute Gasteiger partial charge is 0.194 e. The SMILES string of the molecule is Cc1cc(-c2csc(C#N)n2)ccc1F. The number of benzene rings is 1. The van der Waals surface area contributed by atoms with Gasteiger partial charge in [-0.25, -0.2) is 9.37 Å².